The van der Waals surface area contributed by atoms with Crippen LogP contribution in [0.4, 0.5) is 10.5 Å². The molecule has 110 valence electrons. The topological polar surface area (TPSA) is 78.4 Å². The molecular weight excluding hydrogens is 348 g/mol. The van der Waals surface area contributed by atoms with Gasteiger partial charge in [0, 0.05) is 4.47 Å². The van der Waals surface area contributed by atoms with Crippen molar-refractivity contribution in [3.8, 4) is 0 Å². The summed E-state index contributed by atoms with van der Waals surface area (Å²) in [6.45, 7) is 3.43. The molecule has 0 aliphatic heterocycles. The van der Waals surface area contributed by atoms with E-state index >= 15 is 0 Å². The Morgan fingerprint density at radius 2 is 1.95 bits per heavy atom. The van der Waals surface area contributed by atoms with Crippen molar-refractivity contribution in [1.29, 1.82) is 0 Å². The molecule has 0 saturated carbocycles. The normalized spacial score (nSPS) is 11.0. The van der Waals surface area contributed by atoms with Gasteiger partial charge in [-0.15, -0.1) is 0 Å². The summed E-state index contributed by atoms with van der Waals surface area (Å²) in [6, 6.07) is 4.40. The number of nitrogens with one attached hydrogen (secondary N) is 2. The Balaban J connectivity index is 2.83. The van der Waals surface area contributed by atoms with Crippen LogP contribution in [-0.4, -0.2) is 22.6 Å². The number of carboxylic acid groups (broad SMARTS) is 1. The van der Waals surface area contributed by atoms with Crippen molar-refractivity contribution in [1.82, 2.24) is 5.32 Å². The van der Waals surface area contributed by atoms with Gasteiger partial charge in [-0.1, -0.05) is 41.4 Å². The van der Waals surface area contributed by atoms with E-state index in [1.54, 1.807) is 32.0 Å². The molecule has 0 aromatic heterocycles. The number of amides is 2. The van der Waals surface area contributed by atoms with Crippen LogP contribution in [0.25, 0.3) is 0 Å². The average Bonchev–Trinajstić information content (AvgIpc) is 2.39. The Morgan fingerprint density at radius 1 is 1.35 bits per heavy atom. The van der Waals surface area contributed by atoms with Crippen molar-refractivity contribution in [2.24, 2.45) is 0 Å². The number of benzene rings is 1. The maximum Gasteiger partial charge on any atom is 0.329 e. The summed E-state index contributed by atoms with van der Waals surface area (Å²) in [5.74, 6) is -1.06. The number of rotatable bonds is 5. The molecule has 20 heavy (non-hydrogen) atoms. The first-order valence-electron chi connectivity index (χ1n) is 6.12. The Morgan fingerprint density at radius 3 is 2.40 bits per heavy atom. The van der Waals surface area contributed by atoms with E-state index in [9.17, 15) is 14.7 Å². The molecule has 0 atom stereocenters. The van der Waals surface area contributed by atoms with Gasteiger partial charge in [0.1, 0.15) is 5.54 Å². The highest BCUT2D eigenvalue weighted by Crippen LogP contribution is 2.26. The number of hydrogen-bond acceptors (Lipinski definition) is 2. The van der Waals surface area contributed by atoms with Crippen molar-refractivity contribution in [2.75, 3.05) is 5.32 Å². The van der Waals surface area contributed by atoms with Gasteiger partial charge in [0.25, 0.3) is 0 Å². The standard InChI is InChI=1S/C13H16BrClN2O3/c1-3-13(4-2,11(18)19)17-12(20)16-10-6-5-8(14)7-9(10)15/h5-7H,3-4H2,1-2H3,(H,18,19)(H2,16,17,20). The number of urea groups is 1. The molecule has 2 amide bonds. The third-order valence-corrected chi connectivity index (χ3v) is 3.95. The highest BCUT2D eigenvalue weighted by atomic mass is 79.9. The van der Waals surface area contributed by atoms with Gasteiger partial charge in [-0.05, 0) is 31.0 Å². The largest absolute Gasteiger partial charge is 0.480 e. The summed E-state index contributed by atoms with van der Waals surface area (Å²) in [5, 5.41) is 14.7. The number of carbonyl (C=O) groups is 2. The number of aliphatic carboxylic acids is 1. The molecule has 0 heterocycles. The minimum Gasteiger partial charge on any atom is -0.480 e. The van der Waals surface area contributed by atoms with Gasteiger partial charge in [0.15, 0.2) is 0 Å². The van der Waals surface area contributed by atoms with Crippen LogP contribution in [0, 0.1) is 0 Å². The van der Waals surface area contributed by atoms with E-state index in [1.165, 1.54) is 0 Å². The van der Waals surface area contributed by atoms with E-state index < -0.39 is 17.5 Å². The second-order valence-corrected chi connectivity index (χ2v) is 5.62. The second-order valence-electron chi connectivity index (χ2n) is 4.30. The van der Waals surface area contributed by atoms with Crippen molar-refractivity contribution in [3.05, 3.63) is 27.7 Å². The summed E-state index contributed by atoms with van der Waals surface area (Å²) in [7, 11) is 0. The van der Waals surface area contributed by atoms with Crippen LogP contribution < -0.4 is 10.6 Å². The quantitative estimate of drug-likeness (QED) is 0.743. The molecule has 3 N–H and O–H groups in total. The molecule has 0 saturated heterocycles. The number of anilines is 1. The molecule has 0 aliphatic rings. The minimum atomic E-state index is -1.27. The van der Waals surface area contributed by atoms with Gasteiger partial charge < -0.3 is 15.7 Å². The number of halogens is 2. The van der Waals surface area contributed by atoms with E-state index in [-0.39, 0.29) is 0 Å². The summed E-state index contributed by atoms with van der Waals surface area (Å²) >= 11 is 9.25. The predicted octanol–water partition coefficient (Wildman–Crippen LogP) is 3.87. The van der Waals surface area contributed by atoms with Crippen LogP contribution in [-0.2, 0) is 4.79 Å². The zero-order valence-electron chi connectivity index (χ0n) is 11.2. The van der Waals surface area contributed by atoms with Gasteiger partial charge in [0.2, 0.25) is 0 Å². The predicted molar refractivity (Wildman–Crippen MR) is 82.3 cm³/mol. The van der Waals surface area contributed by atoms with Gasteiger partial charge in [-0.2, -0.15) is 0 Å². The van der Waals surface area contributed by atoms with E-state index in [0.29, 0.717) is 23.6 Å². The van der Waals surface area contributed by atoms with Crippen LogP contribution in [0.15, 0.2) is 22.7 Å². The molecule has 0 bridgehead atoms. The summed E-state index contributed by atoms with van der Waals surface area (Å²) in [6.07, 6.45) is 0.584. The first-order chi connectivity index (χ1) is 9.34. The summed E-state index contributed by atoms with van der Waals surface area (Å²) in [5.41, 5.74) is -0.856. The molecule has 1 aromatic rings. The molecule has 1 rings (SSSR count). The molecule has 0 unspecified atom stereocenters. The molecule has 0 fully saturated rings. The van der Waals surface area contributed by atoms with Gasteiger partial charge in [0.05, 0.1) is 10.7 Å². The first-order valence-corrected chi connectivity index (χ1v) is 7.29. The highest BCUT2D eigenvalue weighted by Gasteiger charge is 2.36. The van der Waals surface area contributed by atoms with E-state index in [1.807, 2.05) is 0 Å². The van der Waals surface area contributed by atoms with Gasteiger partial charge in [-0.3, -0.25) is 0 Å². The maximum atomic E-state index is 11.9. The smallest absolute Gasteiger partial charge is 0.329 e. The molecular formula is C13H16BrClN2O3. The molecule has 0 spiro atoms. The van der Waals surface area contributed by atoms with Crippen LogP contribution in [0.2, 0.25) is 5.02 Å². The fraction of sp³-hybridized carbons (Fsp3) is 0.385. The third-order valence-electron chi connectivity index (χ3n) is 3.15. The molecule has 5 nitrogen and oxygen atoms in total. The molecule has 7 heteroatoms. The zero-order valence-corrected chi connectivity index (χ0v) is 13.5. The number of hydrogen-bond donors (Lipinski definition) is 3. The number of carboxylic acids is 1. The lowest BCUT2D eigenvalue weighted by Gasteiger charge is -2.28. The van der Waals surface area contributed by atoms with Crippen molar-refractivity contribution >= 4 is 45.2 Å². The number of carbonyl (C=O) groups excluding carboxylic acids is 1. The monoisotopic (exact) mass is 362 g/mol. The van der Waals surface area contributed by atoms with Crippen molar-refractivity contribution in [3.63, 3.8) is 0 Å². The van der Waals surface area contributed by atoms with Crippen molar-refractivity contribution in [2.45, 2.75) is 32.2 Å². The average molecular weight is 364 g/mol. The minimum absolute atomic E-state index is 0.292. The Kier molecular flexibility index (Phi) is 5.83. The lowest BCUT2D eigenvalue weighted by atomic mass is 9.93. The van der Waals surface area contributed by atoms with E-state index in [0.717, 1.165) is 4.47 Å². The summed E-state index contributed by atoms with van der Waals surface area (Å²) < 4.78 is 0.787. The van der Waals surface area contributed by atoms with Crippen LogP contribution >= 0.6 is 27.5 Å². The molecule has 1 aromatic carbocycles. The van der Waals surface area contributed by atoms with E-state index in [2.05, 4.69) is 26.6 Å². The van der Waals surface area contributed by atoms with Crippen molar-refractivity contribution < 1.29 is 14.7 Å². The third kappa shape index (κ3) is 3.86. The van der Waals surface area contributed by atoms with Gasteiger partial charge >= 0.3 is 12.0 Å². The van der Waals surface area contributed by atoms with Gasteiger partial charge in [-0.25, -0.2) is 9.59 Å². The molecule has 0 aliphatic carbocycles. The van der Waals surface area contributed by atoms with Crippen LogP contribution in [0.3, 0.4) is 0 Å². The van der Waals surface area contributed by atoms with Crippen LogP contribution in [0.1, 0.15) is 26.7 Å². The summed E-state index contributed by atoms with van der Waals surface area (Å²) in [4.78, 5) is 23.2. The lowest BCUT2D eigenvalue weighted by Crippen LogP contribution is -2.55. The first kappa shape index (κ1) is 16.8. The Labute approximate surface area is 130 Å². The fourth-order valence-electron chi connectivity index (χ4n) is 1.74. The van der Waals surface area contributed by atoms with E-state index in [4.69, 9.17) is 11.6 Å². The second kappa shape index (κ2) is 6.95. The Hall–Kier alpha value is -1.27. The fourth-order valence-corrected chi connectivity index (χ4v) is 2.47. The maximum absolute atomic E-state index is 11.9. The zero-order chi connectivity index (χ0) is 15.3. The Bertz CT molecular complexity index is 518. The van der Waals surface area contributed by atoms with Crippen LogP contribution in [0.5, 0.6) is 0 Å². The molecule has 0 radical (unpaired) electrons. The highest BCUT2D eigenvalue weighted by molar-refractivity contribution is 9.10. The SMILES string of the molecule is CCC(CC)(NC(=O)Nc1ccc(Br)cc1Cl)C(=O)O. The lowest BCUT2D eigenvalue weighted by molar-refractivity contribution is -0.144.